The zero-order valence-electron chi connectivity index (χ0n) is 12.7. The topological polar surface area (TPSA) is 63.7 Å². The van der Waals surface area contributed by atoms with Crippen molar-refractivity contribution in [2.24, 2.45) is 0 Å². The summed E-state index contributed by atoms with van der Waals surface area (Å²) in [6.45, 7) is 3.85. The molecule has 0 aromatic heterocycles. The highest BCUT2D eigenvalue weighted by atomic mass is 16.5. The maximum absolute atomic E-state index is 11.9. The first-order valence-corrected chi connectivity index (χ1v) is 6.93. The Hall–Kier alpha value is -2.17. The standard InChI is InChI=1S/C16H21NO4/c1-4-21-16(20)11-17(3)15(19)10-9-14(18)13-7-5-12(2)6-8-13/h5-8H,4,9-11H2,1-3H3. The van der Waals surface area contributed by atoms with Gasteiger partial charge in [0, 0.05) is 25.5 Å². The molecule has 21 heavy (non-hydrogen) atoms. The number of rotatable bonds is 7. The third-order valence-corrected chi connectivity index (χ3v) is 3.04. The number of carbonyl (C=O) groups is 3. The molecule has 1 rings (SSSR count). The minimum atomic E-state index is -0.446. The van der Waals surface area contributed by atoms with Crippen molar-refractivity contribution in [1.29, 1.82) is 0 Å². The van der Waals surface area contributed by atoms with Crippen molar-refractivity contribution < 1.29 is 19.1 Å². The molecule has 0 saturated heterocycles. The number of benzene rings is 1. The van der Waals surface area contributed by atoms with Gasteiger partial charge in [0.05, 0.1) is 6.61 Å². The molecule has 0 saturated carbocycles. The molecule has 5 heteroatoms. The van der Waals surface area contributed by atoms with E-state index in [0.717, 1.165) is 5.56 Å². The summed E-state index contributed by atoms with van der Waals surface area (Å²) in [6.07, 6.45) is 0.220. The molecule has 1 amide bonds. The predicted octanol–water partition coefficient (Wildman–Crippen LogP) is 1.98. The monoisotopic (exact) mass is 291 g/mol. The Kier molecular flexibility index (Phi) is 6.59. The fourth-order valence-corrected chi connectivity index (χ4v) is 1.78. The molecule has 1 aromatic rings. The minimum Gasteiger partial charge on any atom is -0.465 e. The molecule has 0 radical (unpaired) electrons. The Bertz CT molecular complexity index is 508. The van der Waals surface area contributed by atoms with Gasteiger partial charge in [-0.25, -0.2) is 0 Å². The van der Waals surface area contributed by atoms with Crippen molar-refractivity contribution >= 4 is 17.7 Å². The number of esters is 1. The van der Waals surface area contributed by atoms with E-state index < -0.39 is 5.97 Å². The molecule has 0 atom stereocenters. The molecule has 0 heterocycles. The zero-order chi connectivity index (χ0) is 15.8. The van der Waals surface area contributed by atoms with Crippen LogP contribution in [0.3, 0.4) is 0 Å². The van der Waals surface area contributed by atoms with Gasteiger partial charge in [-0.1, -0.05) is 29.8 Å². The third kappa shape index (κ3) is 5.77. The van der Waals surface area contributed by atoms with Gasteiger partial charge >= 0.3 is 5.97 Å². The molecule has 0 unspecified atom stereocenters. The number of Topliss-reactive ketones (excluding diaryl/α,β-unsaturated/α-hetero) is 1. The van der Waals surface area contributed by atoms with Gasteiger partial charge in [0.2, 0.25) is 5.91 Å². The summed E-state index contributed by atoms with van der Waals surface area (Å²) < 4.78 is 4.77. The lowest BCUT2D eigenvalue weighted by Crippen LogP contribution is -2.33. The largest absolute Gasteiger partial charge is 0.465 e. The molecule has 0 aliphatic heterocycles. The van der Waals surface area contributed by atoms with E-state index in [4.69, 9.17) is 4.74 Å². The fraction of sp³-hybridized carbons (Fsp3) is 0.438. The van der Waals surface area contributed by atoms with E-state index in [9.17, 15) is 14.4 Å². The van der Waals surface area contributed by atoms with Crippen LogP contribution in [0.1, 0.15) is 35.7 Å². The normalized spacial score (nSPS) is 10.0. The van der Waals surface area contributed by atoms with Crippen molar-refractivity contribution in [3.05, 3.63) is 35.4 Å². The first kappa shape index (κ1) is 16.9. The Morgan fingerprint density at radius 1 is 1.10 bits per heavy atom. The van der Waals surface area contributed by atoms with Crippen LogP contribution in [0.5, 0.6) is 0 Å². The first-order valence-electron chi connectivity index (χ1n) is 6.93. The quantitative estimate of drug-likeness (QED) is 0.569. The number of nitrogens with zero attached hydrogens (tertiary/aromatic N) is 1. The highest BCUT2D eigenvalue weighted by Crippen LogP contribution is 2.08. The number of aryl methyl sites for hydroxylation is 1. The van der Waals surface area contributed by atoms with Crippen LogP contribution >= 0.6 is 0 Å². The van der Waals surface area contributed by atoms with Gasteiger partial charge < -0.3 is 9.64 Å². The van der Waals surface area contributed by atoms with Crippen LogP contribution in [0, 0.1) is 6.92 Å². The minimum absolute atomic E-state index is 0.0760. The van der Waals surface area contributed by atoms with Crippen LogP contribution in [0.15, 0.2) is 24.3 Å². The second-order valence-corrected chi connectivity index (χ2v) is 4.84. The van der Waals surface area contributed by atoms with E-state index in [1.165, 1.54) is 11.9 Å². The van der Waals surface area contributed by atoms with Crippen LogP contribution in [-0.2, 0) is 14.3 Å². The van der Waals surface area contributed by atoms with E-state index >= 15 is 0 Å². The molecule has 0 spiro atoms. The van der Waals surface area contributed by atoms with Crippen molar-refractivity contribution in [1.82, 2.24) is 4.90 Å². The number of carbonyl (C=O) groups excluding carboxylic acids is 3. The van der Waals surface area contributed by atoms with Crippen molar-refractivity contribution in [2.75, 3.05) is 20.2 Å². The highest BCUT2D eigenvalue weighted by molar-refractivity contribution is 5.98. The Morgan fingerprint density at radius 3 is 2.29 bits per heavy atom. The van der Waals surface area contributed by atoms with Crippen molar-refractivity contribution in [3.8, 4) is 0 Å². The molecule has 0 aliphatic carbocycles. The number of likely N-dealkylation sites (N-methyl/N-ethyl adjacent to an activating group) is 1. The van der Waals surface area contributed by atoms with Gasteiger partial charge in [-0.2, -0.15) is 0 Å². The van der Waals surface area contributed by atoms with Crippen LogP contribution in [0.4, 0.5) is 0 Å². The van der Waals surface area contributed by atoms with Crippen LogP contribution in [0.2, 0.25) is 0 Å². The summed E-state index contributed by atoms with van der Waals surface area (Å²) in [7, 11) is 1.52. The van der Waals surface area contributed by atoms with Gasteiger partial charge in [0.25, 0.3) is 0 Å². The lowest BCUT2D eigenvalue weighted by atomic mass is 10.0. The first-order chi connectivity index (χ1) is 9.93. The zero-order valence-corrected chi connectivity index (χ0v) is 12.7. The molecular formula is C16H21NO4. The molecule has 114 valence electrons. The maximum atomic E-state index is 11.9. The lowest BCUT2D eigenvalue weighted by molar-refractivity contribution is -0.148. The van der Waals surface area contributed by atoms with Gasteiger partial charge in [0.1, 0.15) is 6.54 Å². The van der Waals surface area contributed by atoms with Gasteiger partial charge in [-0.05, 0) is 13.8 Å². The SMILES string of the molecule is CCOC(=O)CN(C)C(=O)CCC(=O)c1ccc(C)cc1. The summed E-state index contributed by atoms with van der Waals surface area (Å²) in [4.78, 5) is 36.3. The summed E-state index contributed by atoms with van der Waals surface area (Å²) in [6, 6.07) is 7.23. The molecule has 5 nitrogen and oxygen atoms in total. The van der Waals surface area contributed by atoms with E-state index in [0.29, 0.717) is 5.56 Å². The molecule has 0 bridgehead atoms. The van der Waals surface area contributed by atoms with E-state index in [2.05, 4.69) is 0 Å². The smallest absolute Gasteiger partial charge is 0.325 e. The van der Waals surface area contributed by atoms with Crippen molar-refractivity contribution in [2.45, 2.75) is 26.7 Å². The summed E-state index contributed by atoms with van der Waals surface area (Å²) >= 11 is 0. The van der Waals surface area contributed by atoms with Gasteiger partial charge in [0.15, 0.2) is 5.78 Å². The Morgan fingerprint density at radius 2 is 1.71 bits per heavy atom. The highest BCUT2D eigenvalue weighted by Gasteiger charge is 2.15. The number of hydrogen-bond acceptors (Lipinski definition) is 4. The molecule has 0 aliphatic rings. The van der Waals surface area contributed by atoms with E-state index in [1.54, 1.807) is 19.1 Å². The maximum Gasteiger partial charge on any atom is 0.325 e. The number of amides is 1. The van der Waals surface area contributed by atoms with Crippen LogP contribution in [0.25, 0.3) is 0 Å². The summed E-state index contributed by atoms with van der Waals surface area (Å²) in [5.74, 6) is -0.769. The number of ketones is 1. The second kappa shape index (κ2) is 8.19. The van der Waals surface area contributed by atoms with E-state index in [1.807, 2.05) is 19.1 Å². The second-order valence-electron chi connectivity index (χ2n) is 4.84. The average molecular weight is 291 g/mol. The lowest BCUT2D eigenvalue weighted by Gasteiger charge is -2.15. The Labute approximate surface area is 124 Å². The summed E-state index contributed by atoms with van der Waals surface area (Å²) in [5.41, 5.74) is 1.68. The fourth-order valence-electron chi connectivity index (χ4n) is 1.78. The molecule has 1 aromatic carbocycles. The molecular weight excluding hydrogens is 270 g/mol. The van der Waals surface area contributed by atoms with Crippen molar-refractivity contribution in [3.63, 3.8) is 0 Å². The van der Waals surface area contributed by atoms with Gasteiger partial charge in [-0.15, -0.1) is 0 Å². The van der Waals surface area contributed by atoms with E-state index in [-0.39, 0.29) is 37.7 Å². The number of hydrogen-bond donors (Lipinski definition) is 0. The third-order valence-electron chi connectivity index (χ3n) is 3.04. The number of ether oxygens (including phenoxy) is 1. The Balaban J connectivity index is 2.43. The average Bonchev–Trinajstić information content (AvgIpc) is 2.45. The molecule has 0 N–H and O–H groups in total. The predicted molar refractivity (Wildman–Crippen MR) is 79.0 cm³/mol. The van der Waals surface area contributed by atoms with Crippen LogP contribution in [-0.4, -0.2) is 42.8 Å². The summed E-state index contributed by atoms with van der Waals surface area (Å²) in [5, 5.41) is 0. The molecule has 0 fully saturated rings. The van der Waals surface area contributed by atoms with Gasteiger partial charge in [-0.3, -0.25) is 14.4 Å². The van der Waals surface area contributed by atoms with Crippen LogP contribution < -0.4 is 0 Å².